The van der Waals surface area contributed by atoms with E-state index in [1.165, 1.54) is 47.2 Å². The van der Waals surface area contributed by atoms with Crippen molar-refractivity contribution in [2.75, 3.05) is 0 Å². The smallest absolute Gasteiger partial charge is 0.268 e. The second-order valence-electron chi connectivity index (χ2n) is 5.65. The fourth-order valence-corrected chi connectivity index (χ4v) is 3.48. The van der Waals surface area contributed by atoms with Crippen LogP contribution in [-0.2, 0) is 16.1 Å². The maximum Gasteiger partial charge on any atom is 0.268 e. The predicted octanol–water partition coefficient (Wildman–Crippen LogP) is 3.84. The normalized spacial score (nSPS) is 15.1. The molecule has 0 spiro atoms. The van der Waals surface area contributed by atoms with Crippen LogP contribution in [0.5, 0.6) is 0 Å². The number of carbonyl (C=O) groups is 2. The summed E-state index contributed by atoms with van der Waals surface area (Å²) in [4.78, 5) is 27.1. The molecule has 1 aliphatic heterocycles. The molecular weight excluding hydrogens is 329 g/mol. The van der Waals surface area contributed by atoms with Crippen LogP contribution in [0.2, 0.25) is 0 Å². The van der Waals surface area contributed by atoms with Crippen molar-refractivity contribution in [1.82, 2.24) is 4.90 Å². The van der Waals surface area contributed by atoms with Crippen molar-refractivity contribution < 1.29 is 18.4 Å². The van der Waals surface area contributed by atoms with Crippen LogP contribution in [0, 0.1) is 5.82 Å². The summed E-state index contributed by atoms with van der Waals surface area (Å²) < 4.78 is 18.4. The number of imide groups is 1. The first-order chi connectivity index (χ1) is 11.5. The number of carbonyl (C=O) groups excluding carboxylic acids is 2. The summed E-state index contributed by atoms with van der Waals surface area (Å²) >= 11 is 1.34. The maximum absolute atomic E-state index is 13.2. The second-order valence-corrected chi connectivity index (χ2v) is 7.24. The van der Waals surface area contributed by atoms with Gasteiger partial charge in [-0.25, -0.2) is 4.39 Å². The summed E-state index contributed by atoms with van der Waals surface area (Å²) in [6, 6.07) is 9.03. The monoisotopic (exact) mass is 345 g/mol. The van der Waals surface area contributed by atoms with Gasteiger partial charge in [0, 0.05) is 5.25 Å². The van der Waals surface area contributed by atoms with E-state index in [0.717, 1.165) is 0 Å². The number of amides is 2. The number of nitrogens with zero attached hydrogens (tertiary/aromatic N) is 1. The molecule has 0 aliphatic carbocycles. The van der Waals surface area contributed by atoms with E-state index in [1.54, 1.807) is 12.1 Å². The topological polar surface area (TPSA) is 50.5 Å². The quantitative estimate of drug-likeness (QED) is 0.773. The summed E-state index contributed by atoms with van der Waals surface area (Å²) in [7, 11) is 0. The van der Waals surface area contributed by atoms with Crippen molar-refractivity contribution in [3.8, 4) is 0 Å². The van der Waals surface area contributed by atoms with Crippen LogP contribution in [0.25, 0.3) is 5.57 Å². The number of rotatable bonds is 5. The van der Waals surface area contributed by atoms with E-state index >= 15 is 0 Å². The molecule has 124 valence electrons. The Kier molecular flexibility index (Phi) is 4.57. The number of halogens is 1. The molecule has 24 heavy (non-hydrogen) atoms. The van der Waals surface area contributed by atoms with Gasteiger partial charge in [0.05, 0.1) is 23.3 Å². The Morgan fingerprint density at radius 1 is 1.12 bits per heavy atom. The molecule has 2 aromatic rings. The predicted molar refractivity (Wildman–Crippen MR) is 90.3 cm³/mol. The third kappa shape index (κ3) is 3.14. The standard InChI is InChI=1S/C18H16FNO3S/c1-11(2)24-16-15(12-5-7-13(19)8-6-12)17(21)20(18(16)22)10-14-4-3-9-23-14/h3-9,11H,10H2,1-2H3. The van der Waals surface area contributed by atoms with E-state index in [4.69, 9.17) is 4.42 Å². The van der Waals surface area contributed by atoms with Crippen molar-refractivity contribution in [2.24, 2.45) is 0 Å². The molecule has 0 bridgehead atoms. The first-order valence-electron chi connectivity index (χ1n) is 7.53. The van der Waals surface area contributed by atoms with Gasteiger partial charge >= 0.3 is 0 Å². The molecule has 3 rings (SSSR count). The fourth-order valence-electron chi connectivity index (χ4n) is 2.47. The van der Waals surface area contributed by atoms with Crippen molar-refractivity contribution in [2.45, 2.75) is 25.6 Å². The van der Waals surface area contributed by atoms with Gasteiger partial charge < -0.3 is 4.42 Å². The molecule has 1 aliphatic rings. The van der Waals surface area contributed by atoms with Crippen molar-refractivity contribution in [3.05, 3.63) is 64.7 Å². The van der Waals surface area contributed by atoms with Crippen molar-refractivity contribution >= 4 is 29.1 Å². The molecule has 2 heterocycles. The van der Waals surface area contributed by atoms with Gasteiger partial charge in [-0.1, -0.05) is 26.0 Å². The molecule has 0 saturated carbocycles. The Labute approximate surface area is 143 Å². The average Bonchev–Trinajstić information content (AvgIpc) is 3.12. The van der Waals surface area contributed by atoms with Crippen LogP contribution < -0.4 is 0 Å². The van der Waals surface area contributed by atoms with Crippen LogP contribution >= 0.6 is 11.8 Å². The van der Waals surface area contributed by atoms with Crippen molar-refractivity contribution in [1.29, 1.82) is 0 Å². The lowest BCUT2D eigenvalue weighted by Gasteiger charge is -2.13. The molecule has 2 amide bonds. The first-order valence-corrected chi connectivity index (χ1v) is 8.40. The van der Waals surface area contributed by atoms with Crippen LogP contribution in [0.4, 0.5) is 4.39 Å². The van der Waals surface area contributed by atoms with E-state index in [0.29, 0.717) is 21.8 Å². The molecule has 1 aromatic carbocycles. The zero-order valence-corrected chi connectivity index (χ0v) is 14.1. The minimum Gasteiger partial charge on any atom is -0.467 e. The zero-order valence-electron chi connectivity index (χ0n) is 13.3. The molecular formula is C18H16FNO3S. The number of hydrogen-bond acceptors (Lipinski definition) is 4. The minimum absolute atomic E-state index is 0.0809. The van der Waals surface area contributed by atoms with Gasteiger partial charge in [-0.05, 0) is 29.8 Å². The zero-order chi connectivity index (χ0) is 17.3. The average molecular weight is 345 g/mol. The first kappa shape index (κ1) is 16.5. The lowest BCUT2D eigenvalue weighted by Crippen LogP contribution is -2.30. The highest BCUT2D eigenvalue weighted by atomic mass is 32.2. The molecule has 4 nitrogen and oxygen atoms in total. The fraction of sp³-hybridized carbons (Fsp3) is 0.222. The number of furan rings is 1. The number of hydrogen-bond donors (Lipinski definition) is 0. The van der Waals surface area contributed by atoms with Gasteiger partial charge in [0.1, 0.15) is 11.6 Å². The highest BCUT2D eigenvalue weighted by molar-refractivity contribution is 8.04. The van der Waals surface area contributed by atoms with Crippen LogP contribution in [0.1, 0.15) is 25.2 Å². The Balaban J connectivity index is 2.00. The molecule has 0 N–H and O–H groups in total. The Hall–Kier alpha value is -2.34. The lowest BCUT2D eigenvalue weighted by molar-refractivity contribution is -0.137. The number of thioether (sulfide) groups is 1. The lowest BCUT2D eigenvalue weighted by atomic mass is 10.1. The minimum atomic E-state index is -0.387. The SMILES string of the molecule is CC(C)SC1=C(c2ccc(F)cc2)C(=O)N(Cc2ccco2)C1=O. The van der Waals surface area contributed by atoms with Gasteiger partial charge in [-0.3, -0.25) is 14.5 Å². The molecule has 0 fully saturated rings. The molecule has 0 saturated heterocycles. The van der Waals surface area contributed by atoms with Gasteiger partial charge in [-0.2, -0.15) is 0 Å². The highest BCUT2D eigenvalue weighted by Crippen LogP contribution is 2.38. The molecule has 6 heteroatoms. The van der Waals surface area contributed by atoms with E-state index in [1.807, 2.05) is 13.8 Å². The van der Waals surface area contributed by atoms with Crippen LogP contribution in [-0.4, -0.2) is 22.0 Å². The van der Waals surface area contributed by atoms with E-state index in [2.05, 4.69) is 0 Å². The Morgan fingerprint density at radius 3 is 2.42 bits per heavy atom. The van der Waals surface area contributed by atoms with Crippen molar-refractivity contribution in [3.63, 3.8) is 0 Å². The largest absolute Gasteiger partial charge is 0.467 e. The molecule has 1 aromatic heterocycles. The van der Waals surface area contributed by atoms with E-state index in [-0.39, 0.29) is 29.4 Å². The molecule has 0 unspecified atom stereocenters. The Bertz CT molecular complexity index is 794. The van der Waals surface area contributed by atoms with Gasteiger partial charge in [0.25, 0.3) is 11.8 Å². The van der Waals surface area contributed by atoms with E-state index < -0.39 is 0 Å². The third-order valence-electron chi connectivity index (χ3n) is 3.51. The van der Waals surface area contributed by atoms with E-state index in [9.17, 15) is 14.0 Å². The molecule has 0 atom stereocenters. The highest BCUT2D eigenvalue weighted by Gasteiger charge is 2.39. The summed E-state index contributed by atoms with van der Waals surface area (Å²) in [6.07, 6.45) is 1.50. The van der Waals surface area contributed by atoms with Gasteiger partial charge in [0.2, 0.25) is 0 Å². The molecule has 0 radical (unpaired) electrons. The third-order valence-corrected chi connectivity index (χ3v) is 4.59. The second kappa shape index (κ2) is 6.65. The summed E-state index contributed by atoms with van der Waals surface area (Å²) in [5.41, 5.74) is 0.866. The summed E-state index contributed by atoms with van der Waals surface area (Å²) in [6.45, 7) is 3.98. The summed E-state index contributed by atoms with van der Waals surface area (Å²) in [5, 5.41) is 0.135. The van der Waals surface area contributed by atoms with Gasteiger partial charge in [-0.15, -0.1) is 11.8 Å². The maximum atomic E-state index is 13.2. The van der Waals surface area contributed by atoms with Crippen LogP contribution in [0.3, 0.4) is 0 Å². The Morgan fingerprint density at radius 2 is 1.83 bits per heavy atom. The summed E-state index contributed by atoms with van der Waals surface area (Å²) in [5.74, 6) is -0.576. The number of benzene rings is 1. The van der Waals surface area contributed by atoms with Gasteiger partial charge in [0.15, 0.2) is 0 Å². The van der Waals surface area contributed by atoms with Crippen LogP contribution in [0.15, 0.2) is 52.0 Å².